The first-order valence-corrected chi connectivity index (χ1v) is 4.82. The van der Waals surface area contributed by atoms with Gasteiger partial charge in [0.05, 0.1) is 6.10 Å². The third-order valence-electron chi connectivity index (χ3n) is 2.26. The fourth-order valence-corrected chi connectivity index (χ4v) is 1.50. The molecule has 0 aliphatic heterocycles. The first-order valence-electron chi connectivity index (χ1n) is 4.82. The van der Waals surface area contributed by atoms with E-state index in [0.29, 0.717) is 0 Å². The highest BCUT2D eigenvalue weighted by Gasteiger charge is 2.59. The zero-order chi connectivity index (χ0) is 14.0. The molecule has 8 heteroatoms. The summed E-state index contributed by atoms with van der Waals surface area (Å²) in [5, 5.41) is 9.17. The molecule has 0 radical (unpaired) electrons. The van der Waals surface area contributed by atoms with Crippen molar-refractivity contribution < 1.29 is 31.4 Å². The van der Waals surface area contributed by atoms with E-state index in [1.807, 2.05) is 0 Å². The Morgan fingerprint density at radius 3 is 2.06 bits per heavy atom. The van der Waals surface area contributed by atoms with Gasteiger partial charge in [0, 0.05) is 18.8 Å². The van der Waals surface area contributed by atoms with Crippen LogP contribution in [0.2, 0.25) is 0 Å². The van der Waals surface area contributed by atoms with E-state index >= 15 is 0 Å². The second-order valence-corrected chi connectivity index (χ2v) is 3.69. The van der Waals surface area contributed by atoms with Crippen LogP contribution in [0.3, 0.4) is 0 Å². The number of aliphatic hydroxyl groups is 1. The molecule has 1 rings (SSSR count). The largest absolute Gasteiger partial charge is 0.403 e. The molecule has 0 amide bonds. The highest BCUT2D eigenvalue weighted by atomic mass is 19.4. The van der Waals surface area contributed by atoms with Crippen LogP contribution in [0, 0.1) is 5.92 Å². The van der Waals surface area contributed by atoms with Crippen molar-refractivity contribution in [2.75, 3.05) is 0 Å². The fraction of sp³-hybridized carbons (Fsp3) is 0.500. The molecule has 1 atom stereocenters. The number of rotatable bonds is 3. The summed E-state index contributed by atoms with van der Waals surface area (Å²) in [6.45, 7) is 0. The van der Waals surface area contributed by atoms with Crippen LogP contribution in [0.5, 0.6) is 0 Å². The maximum absolute atomic E-state index is 12.3. The number of hydrogen-bond acceptors (Lipinski definition) is 2. The average Bonchev–Trinajstić information content (AvgIpc) is 2.13. The molecule has 0 bridgehead atoms. The fourth-order valence-electron chi connectivity index (χ4n) is 1.50. The molecule has 0 aliphatic rings. The molecule has 1 aromatic rings. The van der Waals surface area contributed by atoms with Gasteiger partial charge in [-0.15, -0.1) is 0 Å². The van der Waals surface area contributed by atoms with Crippen LogP contribution < -0.4 is 0 Å². The van der Waals surface area contributed by atoms with Crippen molar-refractivity contribution in [2.24, 2.45) is 5.92 Å². The molecule has 18 heavy (non-hydrogen) atoms. The molecule has 0 aromatic carbocycles. The monoisotopic (exact) mass is 273 g/mol. The number of pyridine rings is 1. The van der Waals surface area contributed by atoms with Crippen molar-refractivity contribution >= 4 is 0 Å². The third kappa shape index (κ3) is 3.86. The summed E-state index contributed by atoms with van der Waals surface area (Å²) in [7, 11) is 0. The van der Waals surface area contributed by atoms with Crippen LogP contribution in [0.25, 0.3) is 0 Å². The van der Waals surface area contributed by atoms with Crippen LogP contribution in [0.4, 0.5) is 26.3 Å². The van der Waals surface area contributed by atoms with E-state index in [1.54, 1.807) is 0 Å². The van der Waals surface area contributed by atoms with E-state index in [-0.39, 0.29) is 5.56 Å². The molecule has 0 fully saturated rings. The highest BCUT2D eigenvalue weighted by Crippen LogP contribution is 2.41. The van der Waals surface area contributed by atoms with Gasteiger partial charge < -0.3 is 5.11 Å². The van der Waals surface area contributed by atoms with E-state index in [1.165, 1.54) is 18.3 Å². The summed E-state index contributed by atoms with van der Waals surface area (Å²) in [4.78, 5) is 3.55. The van der Waals surface area contributed by atoms with E-state index in [2.05, 4.69) is 4.98 Å². The Kier molecular flexibility index (Phi) is 4.20. The number of alkyl halides is 6. The van der Waals surface area contributed by atoms with Crippen molar-refractivity contribution in [1.82, 2.24) is 4.98 Å². The van der Waals surface area contributed by atoms with Crippen molar-refractivity contribution in [3.8, 4) is 0 Å². The Balaban J connectivity index is 2.88. The second-order valence-electron chi connectivity index (χ2n) is 3.69. The first-order chi connectivity index (χ1) is 8.12. The Bertz CT molecular complexity index is 360. The normalized spacial score (nSPS) is 14.9. The predicted molar refractivity (Wildman–Crippen MR) is 49.5 cm³/mol. The van der Waals surface area contributed by atoms with Gasteiger partial charge in [-0.1, -0.05) is 6.07 Å². The molecule has 0 saturated heterocycles. The molecule has 102 valence electrons. The zero-order valence-electron chi connectivity index (χ0n) is 8.83. The minimum Gasteiger partial charge on any atom is -0.392 e. The molecule has 1 unspecified atom stereocenters. The molecule has 0 spiro atoms. The van der Waals surface area contributed by atoms with E-state index in [9.17, 15) is 26.3 Å². The number of nitrogens with zero attached hydrogens (tertiary/aromatic N) is 1. The lowest BCUT2D eigenvalue weighted by Gasteiger charge is -2.27. The maximum atomic E-state index is 12.3. The summed E-state index contributed by atoms with van der Waals surface area (Å²) in [6, 6.07) is 2.65. The van der Waals surface area contributed by atoms with Gasteiger partial charge in [0.15, 0.2) is 5.92 Å². The lowest BCUT2D eigenvalue weighted by Crippen LogP contribution is -2.45. The molecule has 0 saturated carbocycles. The Morgan fingerprint density at radius 2 is 1.67 bits per heavy atom. The SMILES string of the molecule is OC(Cc1cccnc1)C(C(F)(F)F)C(F)(F)F. The lowest BCUT2D eigenvalue weighted by molar-refractivity contribution is -0.305. The first kappa shape index (κ1) is 14.7. The van der Waals surface area contributed by atoms with Crippen molar-refractivity contribution in [1.29, 1.82) is 0 Å². The molecule has 2 nitrogen and oxygen atoms in total. The minimum atomic E-state index is -5.54. The van der Waals surface area contributed by atoms with E-state index < -0.39 is 30.8 Å². The topological polar surface area (TPSA) is 33.1 Å². The van der Waals surface area contributed by atoms with E-state index in [0.717, 1.165) is 6.20 Å². The Hall–Kier alpha value is -1.31. The van der Waals surface area contributed by atoms with Crippen LogP contribution in [-0.4, -0.2) is 28.5 Å². The molecule has 1 aromatic heterocycles. The van der Waals surface area contributed by atoms with Crippen LogP contribution >= 0.6 is 0 Å². The van der Waals surface area contributed by atoms with Crippen molar-refractivity contribution in [3.05, 3.63) is 30.1 Å². The standard InChI is InChI=1S/C10H9F6NO/c11-9(12,13)8(10(14,15)16)7(18)4-6-2-1-3-17-5-6/h1-3,5,7-8,18H,4H2. The summed E-state index contributed by atoms with van der Waals surface area (Å²) >= 11 is 0. The van der Waals surface area contributed by atoms with Crippen molar-refractivity contribution in [2.45, 2.75) is 24.9 Å². The summed E-state index contributed by atoms with van der Waals surface area (Å²) in [5.41, 5.74) is 0.100. The average molecular weight is 273 g/mol. The predicted octanol–water partition coefficient (Wildman–Crippen LogP) is 2.73. The highest BCUT2D eigenvalue weighted by molar-refractivity contribution is 5.10. The van der Waals surface area contributed by atoms with Gasteiger partial charge in [-0.2, -0.15) is 26.3 Å². The van der Waals surface area contributed by atoms with Crippen LogP contribution in [0.1, 0.15) is 5.56 Å². The number of hydrogen-bond donors (Lipinski definition) is 1. The number of aromatic nitrogens is 1. The summed E-state index contributed by atoms with van der Waals surface area (Å²) in [5.74, 6) is -3.76. The third-order valence-corrected chi connectivity index (χ3v) is 2.26. The van der Waals surface area contributed by atoms with Gasteiger partial charge in [-0.3, -0.25) is 4.98 Å². The molecule has 0 aliphatic carbocycles. The van der Waals surface area contributed by atoms with Gasteiger partial charge in [-0.05, 0) is 11.6 Å². The van der Waals surface area contributed by atoms with Gasteiger partial charge >= 0.3 is 12.4 Å². The second kappa shape index (κ2) is 5.13. The van der Waals surface area contributed by atoms with Crippen molar-refractivity contribution in [3.63, 3.8) is 0 Å². The molecule has 1 heterocycles. The quantitative estimate of drug-likeness (QED) is 0.859. The van der Waals surface area contributed by atoms with Crippen LogP contribution in [-0.2, 0) is 6.42 Å². The molecular formula is C10H9F6NO. The van der Waals surface area contributed by atoms with Gasteiger partial charge in [-0.25, -0.2) is 0 Å². The zero-order valence-corrected chi connectivity index (χ0v) is 8.83. The number of halogens is 6. The van der Waals surface area contributed by atoms with E-state index in [4.69, 9.17) is 5.11 Å². The Labute approximate surface area is 98.3 Å². The van der Waals surface area contributed by atoms with Gasteiger partial charge in [0.25, 0.3) is 0 Å². The minimum absolute atomic E-state index is 0.100. The summed E-state index contributed by atoms with van der Waals surface area (Å²) < 4.78 is 73.6. The smallest absolute Gasteiger partial charge is 0.392 e. The van der Waals surface area contributed by atoms with Gasteiger partial charge in [0.1, 0.15) is 0 Å². The van der Waals surface area contributed by atoms with Gasteiger partial charge in [0.2, 0.25) is 0 Å². The Morgan fingerprint density at radius 1 is 1.11 bits per heavy atom. The molecular weight excluding hydrogens is 264 g/mol. The summed E-state index contributed by atoms with van der Waals surface area (Å²) in [6.07, 6.45) is -12.0. The maximum Gasteiger partial charge on any atom is 0.403 e. The molecule has 1 N–H and O–H groups in total. The lowest BCUT2D eigenvalue weighted by atomic mass is 9.95. The van der Waals surface area contributed by atoms with Crippen LogP contribution in [0.15, 0.2) is 24.5 Å². The number of aliphatic hydroxyl groups excluding tert-OH is 1.